The van der Waals surface area contributed by atoms with Crippen LogP contribution < -0.4 is 9.47 Å². The van der Waals surface area contributed by atoms with Crippen LogP contribution in [0.1, 0.15) is 84.6 Å². The van der Waals surface area contributed by atoms with E-state index >= 15 is 19.2 Å². The van der Waals surface area contributed by atoms with Crippen molar-refractivity contribution in [3.05, 3.63) is 258 Å². The lowest BCUT2D eigenvalue weighted by Gasteiger charge is -2.33. The van der Waals surface area contributed by atoms with Crippen molar-refractivity contribution in [1.82, 2.24) is 0 Å². The fraction of sp³-hybridized carbons (Fsp3) is 0.0882. The summed E-state index contributed by atoms with van der Waals surface area (Å²) in [6.45, 7) is -1.63. The van der Waals surface area contributed by atoms with Gasteiger partial charge in [-0.1, -0.05) is 121 Å². The standard InChI is InChI=1S/C68H36F4O14S4/c69-45-25-39-40(26-46(45)70)54(74)43(53(39)73)21-37-23-49-57(87-37)59-51(67(85-49,63(77)81-29-33-13-5-1-6-14-33)64(78)82-30-34-15-7-2-8-16-34)61-62(89-59)52-60(90-61)58-50(24-38(88-58)22-44-55(75)41-27-47(71)48(72)28-42(41)56(44)76)86-68(52,65(79)83-31-35-17-9-3-10-18-35)66(80)84-32-36-19-11-4-12-20-36/h1-28H,29-32H2. The molecule has 2 aliphatic heterocycles. The number of rotatable bonds is 14. The van der Waals surface area contributed by atoms with E-state index in [4.69, 9.17) is 28.4 Å². The minimum atomic E-state index is -2.94. The van der Waals surface area contributed by atoms with Crippen molar-refractivity contribution >= 4 is 114 Å². The lowest BCUT2D eigenvalue weighted by atomic mass is 9.88. The fourth-order valence-corrected chi connectivity index (χ4v) is 16.3. The van der Waals surface area contributed by atoms with Gasteiger partial charge >= 0.3 is 35.1 Å². The Morgan fingerprint density at radius 3 is 0.911 bits per heavy atom. The highest BCUT2D eigenvalue weighted by molar-refractivity contribution is 7.34. The van der Waals surface area contributed by atoms with Crippen LogP contribution >= 0.6 is 45.3 Å². The summed E-state index contributed by atoms with van der Waals surface area (Å²) in [7, 11) is 0. The second-order valence-electron chi connectivity index (χ2n) is 20.8. The molecule has 22 heteroatoms. The van der Waals surface area contributed by atoms with Gasteiger partial charge in [-0.2, -0.15) is 0 Å². The molecule has 4 aromatic heterocycles. The zero-order valence-electron chi connectivity index (χ0n) is 45.9. The van der Waals surface area contributed by atoms with Gasteiger partial charge in [0, 0.05) is 32.0 Å². The van der Waals surface area contributed by atoms with E-state index in [1.54, 1.807) is 121 Å². The summed E-state index contributed by atoms with van der Waals surface area (Å²) in [6.07, 6.45) is 2.37. The van der Waals surface area contributed by atoms with Crippen molar-refractivity contribution in [2.24, 2.45) is 0 Å². The molecule has 10 aromatic rings. The number of benzene rings is 6. The van der Waals surface area contributed by atoms with Crippen LogP contribution in [-0.2, 0) is 75.8 Å². The van der Waals surface area contributed by atoms with Gasteiger partial charge in [0.2, 0.25) is 0 Å². The van der Waals surface area contributed by atoms with Crippen LogP contribution in [0.5, 0.6) is 11.5 Å². The highest BCUT2D eigenvalue weighted by atomic mass is 32.1. The van der Waals surface area contributed by atoms with E-state index in [0.717, 1.165) is 45.3 Å². The number of fused-ring (bicyclic) bond motifs is 11. The Kier molecular flexibility index (Phi) is 14.3. The molecule has 444 valence electrons. The molecule has 0 saturated heterocycles. The first-order valence-corrected chi connectivity index (χ1v) is 30.5. The average molecular weight is 1280 g/mol. The van der Waals surface area contributed by atoms with Gasteiger partial charge in [0.05, 0.1) is 51.2 Å². The van der Waals surface area contributed by atoms with Gasteiger partial charge < -0.3 is 28.4 Å². The summed E-state index contributed by atoms with van der Waals surface area (Å²) < 4.78 is 96.2. The quantitative estimate of drug-likeness (QED) is 0.0249. The number of carbonyl (C=O) groups is 8. The molecule has 0 unspecified atom stereocenters. The van der Waals surface area contributed by atoms with Crippen molar-refractivity contribution in [3.8, 4) is 31.0 Å². The maximum Gasteiger partial charge on any atom is 0.367 e. The van der Waals surface area contributed by atoms with E-state index in [1.165, 1.54) is 24.3 Å². The topological polar surface area (TPSA) is 192 Å². The Bertz CT molecular complexity index is 4330. The third-order valence-corrected chi connectivity index (χ3v) is 20.3. The molecule has 0 atom stereocenters. The highest BCUT2D eigenvalue weighted by Gasteiger charge is 2.64. The van der Waals surface area contributed by atoms with E-state index in [2.05, 4.69) is 0 Å². The van der Waals surface area contributed by atoms with Gasteiger partial charge in [-0.05, 0) is 70.8 Å². The van der Waals surface area contributed by atoms with E-state index < -0.39 is 119 Å². The molecule has 0 fully saturated rings. The molecule has 14 nitrogen and oxygen atoms in total. The van der Waals surface area contributed by atoms with Crippen molar-refractivity contribution < 1.29 is 84.3 Å². The molecule has 0 N–H and O–H groups in total. The Morgan fingerprint density at radius 2 is 0.644 bits per heavy atom. The van der Waals surface area contributed by atoms with Crippen LogP contribution in [0, 0.1) is 23.3 Å². The number of hydrogen-bond donors (Lipinski definition) is 0. The van der Waals surface area contributed by atoms with Crippen molar-refractivity contribution in [2.75, 3.05) is 0 Å². The Balaban J connectivity index is 1.01. The molecule has 0 bridgehead atoms. The van der Waals surface area contributed by atoms with E-state index in [9.17, 15) is 36.7 Å². The highest BCUT2D eigenvalue weighted by Crippen LogP contribution is 2.64. The normalized spacial score (nSPS) is 14.5. The lowest BCUT2D eigenvalue weighted by molar-refractivity contribution is -0.184. The molecule has 0 radical (unpaired) electrons. The maximum absolute atomic E-state index is 15.7. The monoisotopic (exact) mass is 1280 g/mol. The molecule has 4 aliphatic rings. The number of allylic oxidation sites excluding steroid dienone is 2. The van der Waals surface area contributed by atoms with Crippen LogP contribution in [0.2, 0.25) is 0 Å². The first-order chi connectivity index (χ1) is 43.5. The molecule has 0 saturated carbocycles. The van der Waals surface area contributed by atoms with E-state index in [0.29, 0.717) is 46.5 Å². The number of esters is 4. The minimum Gasteiger partial charge on any atom is -0.458 e. The second-order valence-corrected chi connectivity index (χ2v) is 25.0. The third-order valence-electron chi connectivity index (χ3n) is 15.3. The predicted molar refractivity (Wildman–Crippen MR) is 322 cm³/mol. The average Bonchev–Trinajstić information content (AvgIpc) is 1.50. The number of hydrogen-bond acceptors (Lipinski definition) is 18. The summed E-state index contributed by atoms with van der Waals surface area (Å²) in [5.41, 5.74) is -6.70. The van der Waals surface area contributed by atoms with Gasteiger partial charge in [0.15, 0.2) is 46.4 Å². The number of ether oxygens (including phenoxy) is 6. The molecule has 90 heavy (non-hydrogen) atoms. The zero-order chi connectivity index (χ0) is 62.3. The fourth-order valence-electron chi connectivity index (χ4n) is 10.9. The number of ketones is 4. The van der Waals surface area contributed by atoms with Gasteiger partial charge in [-0.25, -0.2) is 36.7 Å². The van der Waals surface area contributed by atoms with Crippen LogP contribution in [0.4, 0.5) is 17.6 Å². The van der Waals surface area contributed by atoms with Crippen molar-refractivity contribution in [1.29, 1.82) is 0 Å². The predicted octanol–water partition coefficient (Wildman–Crippen LogP) is 14.1. The largest absolute Gasteiger partial charge is 0.458 e. The molecule has 2 aliphatic carbocycles. The Hall–Kier alpha value is -10.3. The maximum atomic E-state index is 15.7. The SMILES string of the molecule is O=C1C(=Cc2cc3c(s2)-c2sc4c5c(sc4c2C(C(=O)OCc2ccccc2)(C(=O)OCc2ccccc2)O3)-c2sc(C=C3C(=O)c4cc(F)c(F)cc4C3=O)cc2OC5(C(=O)OCc2ccccc2)C(=O)OCc2ccccc2)C(=O)c2cc(F)c(F)cc21. The van der Waals surface area contributed by atoms with Gasteiger partial charge in [-0.15, -0.1) is 45.3 Å². The smallest absolute Gasteiger partial charge is 0.367 e. The Morgan fingerprint density at radius 1 is 0.378 bits per heavy atom. The minimum absolute atomic E-state index is 0.0365. The number of thiophene rings is 4. The molecule has 6 heterocycles. The van der Waals surface area contributed by atoms with Crippen LogP contribution in [0.15, 0.2) is 169 Å². The number of carbonyl (C=O) groups excluding carboxylic acids is 8. The van der Waals surface area contributed by atoms with Crippen LogP contribution in [0.25, 0.3) is 41.1 Å². The first-order valence-electron chi connectivity index (χ1n) is 27.2. The lowest BCUT2D eigenvalue weighted by Crippen LogP contribution is -2.52. The molecule has 14 rings (SSSR count). The summed E-state index contributed by atoms with van der Waals surface area (Å²) in [4.78, 5) is 119. The summed E-state index contributed by atoms with van der Waals surface area (Å²) >= 11 is 3.62. The van der Waals surface area contributed by atoms with Crippen LogP contribution in [0.3, 0.4) is 0 Å². The third kappa shape index (κ3) is 9.48. The number of Topliss-reactive ketones (excluding diaryl/α,β-unsaturated/α-hetero) is 4. The zero-order valence-corrected chi connectivity index (χ0v) is 49.1. The van der Waals surface area contributed by atoms with Gasteiger partial charge in [0.25, 0.3) is 0 Å². The molecular formula is C68H36F4O14S4. The molecule has 0 amide bonds. The molecule has 6 aromatic carbocycles. The summed E-state index contributed by atoms with van der Waals surface area (Å²) in [6, 6.07) is 39.2. The molecule has 0 spiro atoms. The van der Waals surface area contributed by atoms with E-state index in [-0.39, 0.29) is 83.5 Å². The van der Waals surface area contributed by atoms with Gasteiger partial charge in [0.1, 0.15) is 37.9 Å². The van der Waals surface area contributed by atoms with E-state index in [1.807, 2.05) is 0 Å². The van der Waals surface area contributed by atoms with Gasteiger partial charge in [-0.3, -0.25) is 19.2 Å². The Labute approximate surface area is 521 Å². The second kappa shape index (κ2) is 22.4. The molecular weight excluding hydrogens is 1240 g/mol. The van der Waals surface area contributed by atoms with Crippen molar-refractivity contribution in [3.63, 3.8) is 0 Å². The summed E-state index contributed by atoms with van der Waals surface area (Å²) in [5, 5.41) is 0. The first kappa shape index (κ1) is 57.5. The summed E-state index contributed by atoms with van der Waals surface area (Å²) in [5.74, 6) is -14.6. The number of halogens is 4. The van der Waals surface area contributed by atoms with Crippen molar-refractivity contribution in [2.45, 2.75) is 37.6 Å². The van der Waals surface area contributed by atoms with Crippen LogP contribution in [-0.4, -0.2) is 47.0 Å².